The van der Waals surface area contributed by atoms with Crippen LogP contribution in [-0.2, 0) is 19.1 Å². The van der Waals surface area contributed by atoms with E-state index in [1.165, 1.54) is 4.90 Å². The smallest absolute Gasteiger partial charge is 0.250 e. The molecule has 3 aliphatic heterocycles. The van der Waals surface area contributed by atoms with Gasteiger partial charge in [0.05, 0.1) is 47.9 Å². The Bertz CT molecular complexity index is 1340. The molecule has 0 radical (unpaired) electrons. The van der Waals surface area contributed by atoms with Crippen molar-refractivity contribution in [1.82, 2.24) is 4.90 Å². The maximum atomic E-state index is 14.4. The number of ether oxygens (including phenoxy) is 2. The van der Waals surface area contributed by atoms with Crippen LogP contribution in [0.1, 0.15) is 39.2 Å². The summed E-state index contributed by atoms with van der Waals surface area (Å²) in [4.78, 5) is 43.7. The van der Waals surface area contributed by atoms with E-state index in [0.717, 1.165) is 5.56 Å². The van der Waals surface area contributed by atoms with Crippen molar-refractivity contribution in [3.8, 4) is 5.75 Å². The molecule has 2 bridgehead atoms. The summed E-state index contributed by atoms with van der Waals surface area (Å²) in [6.45, 7) is 7.84. The first-order chi connectivity index (χ1) is 20.1. The van der Waals surface area contributed by atoms with Gasteiger partial charge in [-0.1, -0.05) is 59.9 Å². The molecule has 8 atom stereocenters. The number of nitrogens with zero attached hydrogens (tertiary/aromatic N) is 1. The molecule has 3 unspecified atom stereocenters. The van der Waals surface area contributed by atoms with Gasteiger partial charge in [0, 0.05) is 10.5 Å². The van der Waals surface area contributed by atoms with Crippen LogP contribution in [0.5, 0.6) is 5.75 Å². The number of aliphatic hydroxyl groups excluding tert-OH is 1. The average molecular weight is 663 g/mol. The monoisotopic (exact) mass is 661 g/mol. The number of para-hydroxylation sites is 1. The van der Waals surface area contributed by atoms with Crippen LogP contribution in [0, 0.1) is 24.7 Å². The highest BCUT2D eigenvalue weighted by Gasteiger charge is 2.77. The first-order valence-electron chi connectivity index (χ1n) is 14.4. The van der Waals surface area contributed by atoms with Crippen LogP contribution >= 0.6 is 27.5 Å². The second kappa shape index (κ2) is 12.1. The SMILES string of the molecule is CCOc1ccc(NC(=O)[C@H]2[C@H]3C(=O)N([C@@H](CO)[C@@H](C)CC)C(C(=O)Nc4c(C)cccc4Cl)C34CC(Br)[C@@H]2O4)cc1. The van der Waals surface area contributed by atoms with Gasteiger partial charge >= 0.3 is 0 Å². The van der Waals surface area contributed by atoms with Crippen molar-refractivity contribution < 1.29 is 29.0 Å². The molecule has 0 aromatic heterocycles. The van der Waals surface area contributed by atoms with Crippen LogP contribution in [0.15, 0.2) is 42.5 Å². The summed E-state index contributed by atoms with van der Waals surface area (Å²) >= 11 is 10.2. The quantitative estimate of drug-likeness (QED) is 0.316. The summed E-state index contributed by atoms with van der Waals surface area (Å²) in [6, 6.07) is 10.6. The van der Waals surface area contributed by atoms with E-state index in [1.807, 2.05) is 33.8 Å². The number of likely N-dealkylation sites (tertiary alicyclic amines) is 1. The number of aryl methyl sites for hydroxylation is 1. The third kappa shape index (κ3) is 5.10. The molecule has 3 saturated heterocycles. The van der Waals surface area contributed by atoms with E-state index in [9.17, 15) is 19.5 Å². The summed E-state index contributed by atoms with van der Waals surface area (Å²) in [5.41, 5.74) is 0.513. The van der Waals surface area contributed by atoms with Gasteiger partial charge < -0.3 is 30.1 Å². The van der Waals surface area contributed by atoms with Crippen LogP contribution in [0.25, 0.3) is 0 Å². The normalized spacial score (nSPS) is 29.3. The number of amides is 3. The Balaban J connectivity index is 1.53. The predicted molar refractivity (Wildman–Crippen MR) is 164 cm³/mol. The number of hydrogen-bond acceptors (Lipinski definition) is 6. The summed E-state index contributed by atoms with van der Waals surface area (Å²) in [6.07, 6.45) is 0.421. The molecule has 5 rings (SSSR count). The van der Waals surface area contributed by atoms with Gasteiger partial charge in [0.15, 0.2) is 0 Å². The highest BCUT2D eigenvalue weighted by molar-refractivity contribution is 9.09. The van der Waals surface area contributed by atoms with E-state index in [1.54, 1.807) is 36.4 Å². The second-order valence-corrected chi connectivity index (χ2v) is 13.0. The fourth-order valence-corrected chi connectivity index (χ4v) is 8.06. The van der Waals surface area contributed by atoms with Gasteiger partial charge in [-0.2, -0.15) is 0 Å². The minimum absolute atomic E-state index is 0.111. The third-order valence-corrected chi connectivity index (χ3v) is 10.2. The van der Waals surface area contributed by atoms with Crippen molar-refractivity contribution >= 4 is 56.6 Å². The average Bonchev–Trinajstić information content (AvgIpc) is 3.56. The van der Waals surface area contributed by atoms with E-state index in [-0.39, 0.29) is 29.2 Å². The molecule has 2 aromatic carbocycles. The Morgan fingerprint density at radius 1 is 1.19 bits per heavy atom. The molecule has 3 aliphatic rings. The van der Waals surface area contributed by atoms with E-state index in [4.69, 9.17) is 21.1 Å². The van der Waals surface area contributed by atoms with Crippen LogP contribution in [0.3, 0.4) is 0 Å². The maximum absolute atomic E-state index is 14.4. The number of aliphatic hydroxyl groups is 1. The molecule has 9 nitrogen and oxygen atoms in total. The van der Waals surface area contributed by atoms with Gasteiger partial charge in [0.1, 0.15) is 17.4 Å². The van der Waals surface area contributed by atoms with Gasteiger partial charge in [0.25, 0.3) is 0 Å². The fraction of sp³-hybridized carbons (Fsp3) is 0.516. The second-order valence-electron chi connectivity index (χ2n) is 11.4. The molecule has 3 amide bonds. The molecule has 1 spiro atoms. The number of alkyl halides is 1. The molecule has 42 heavy (non-hydrogen) atoms. The zero-order valence-electron chi connectivity index (χ0n) is 24.1. The standard InChI is InChI=1S/C31H37BrClN3O6/c1-5-16(3)22(15-37)36-27(29(39)35-25-17(4)8-7-9-21(25)33)31-14-20(32)26(42-31)23(24(31)30(36)40)28(38)34-18-10-12-19(13-11-18)41-6-2/h7-13,16,20,22-24,26-27,37H,5-6,14-15H2,1-4H3,(H,34,38)(H,35,39)/t16-,20?,22-,23-,24-,26-,27?,31?/m0/s1. The van der Waals surface area contributed by atoms with Crippen molar-refractivity contribution in [2.24, 2.45) is 17.8 Å². The van der Waals surface area contributed by atoms with Crippen LogP contribution in [-0.4, -0.2) is 69.6 Å². The number of carbonyl (C=O) groups excluding carboxylic acids is 3. The van der Waals surface area contributed by atoms with Crippen molar-refractivity contribution in [1.29, 1.82) is 0 Å². The largest absolute Gasteiger partial charge is 0.494 e. The van der Waals surface area contributed by atoms with Crippen molar-refractivity contribution in [3.05, 3.63) is 53.1 Å². The third-order valence-electron chi connectivity index (χ3n) is 9.03. The molecule has 3 fully saturated rings. The Hall–Kier alpha value is -2.66. The molecule has 11 heteroatoms. The zero-order chi connectivity index (χ0) is 30.3. The summed E-state index contributed by atoms with van der Waals surface area (Å²) in [5, 5.41) is 16.8. The molecule has 226 valence electrons. The van der Waals surface area contributed by atoms with E-state index >= 15 is 0 Å². The van der Waals surface area contributed by atoms with Crippen molar-refractivity contribution in [2.45, 2.75) is 69.2 Å². The van der Waals surface area contributed by atoms with E-state index < -0.39 is 41.5 Å². The van der Waals surface area contributed by atoms with Gasteiger partial charge in [0.2, 0.25) is 17.7 Å². The zero-order valence-corrected chi connectivity index (χ0v) is 26.4. The molecule has 0 saturated carbocycles. The van der Waals surface area contributed by atoms with Gasteiger partial charge in [-0.25, -0.2) is 0 Å². The van der Waals surface area contributed by atoms with E-state index in [0.29, 0.717) is 41.6 Å². The number of fused-ring (bicyclic) bond motifs is 1. The molecular formula is C31H37BrClN3O6. The molecular weight excluding hydrogens is 626 g/mol. The summed E-state index contributed by atoms with van der Waals surface area (Å²) < 4.78 is 12.1. The van der Waals surface area contributed by atoms with E-state index in [2.05, 4.69) is 26.6 Å². The molecule has 2 aromatic rings. The molecule has 0 aliphatic carbocycles. The molecule has 3 heterocycles. The first kappa shape index (κ1) is 30.8. The molecule has 3 N–H and O–H groups in total. The number of hydrogen-bond donors (Lipinski definition) is 3. The van der Waals surface area contributed by atoms with Crippen molar-refractivity contribution in [2.75, 3.05) is 23.8 Å². The first-order valence-corrected chi connectivity index (χ1v) is 15.7. The van der Waals surface area contributed by atoms with Gasteiger partial charge in [-0.3, -0.25) is 14.4 Å². The van der Waals surface area contributed by atoms with Crippen LogP contribution < -0.4 is 15.4 Å². The number of halogens is 2. The number of carbonyl (C=O) groups is 3. The lowest BCUT2D eigenvalue weighted by Crippen LogP contribution is -2.57. The Kier molecular flexibility index (Phi) is 8.90. The minimum Gasteiger partial charge on any atom is -0.494 e. The number of benzene rings is 2. The van der Waals surface area contributed by atoms with Crippen LogP contribution in [0.4, 0.5) is 11.4 Å². The highest BCUT2D eigenvalue weighted by atomic mass is 79.9. The number of nitrogens with one attached hydrogen (secondary N) is 2. The minimum atomic E-state index is -1.27. The lowest BCUT2D eigenvalue weighted by molar-refractivity contribution is -0.144. The van der Waals surface area contributed by atoms with Gasteiger partial charge in [-0.15, -0.1) is 0 Å². The Labute approximate surface area is 259 Å². The topological polar surface area (TPSA) is 117 Å². The van der Waals surface area contributed by atoms with Gasteiger partial charge in [-0.05, 0) is 62.1 Å². The summed E-state index contributed by atoms with van der Waals surface area (Å²) in [5.74, 6) is -2.36. The Morgan fingerprint density at radius 3 is 2.52 bits per heavy atom. The lowest BCUT2D eigenvalue weighted by atomic mass is 9.70. The Morgan fingerprint density at radius 2 is 1.90 bits per heavy atom. The van der Waals surface area contributed by atoms with Crippen molar-refractivity contribution in [3.63, 3.8) is 0 Å². The summed E-state index contributed by atoms with van der Waals surface area (Å²) in [7, 11) is 0. The maximum Gasteiger partial charge on any atom is 0.250 e. The van der Waals surface area contributed by atoms with Crippen LogP contribution in [0.2, 0.25) is 5.02 Å². The number of anilines is 2. The highest BCUT2D eigenvalue weighted by Crippen LogP contribution is 2.60. The predicted octanol–water partition coefficient (Wildman–Crippen LogP) is 4.78. The lowest BCUT2D eigenvalue weighted by Gasteiger charge is -2.39. The number of rotatable bonds is 10. The fourth-order valence-electron chi connectivity index (χ4n) is 6.85.